The van der Waals surface area contributed by atoms with Crippen LogP contribution in [0.4, 0.5) is 0 Å². The molecule has 2 atom stereocenters. The molecule has 0 radical (unpaired) electrons. The summed E-state index contributed by atoms with van der Waals surface area (Å²) in [6.07, 6.45) is 7.82. The predicted molar refractivity (Wildman–Crippen MR) is 96.5 cm³/mol. The first-order chi connectivity index (χ1) is 11.7. The fourth-order valence-electron chi connectivity index (χ4n) is 3.50. The number of carbonyl (C=O) groups excluding carboxylic acids is 1. The minimum Gasteiger partial charge on any atom is -0.497 e. The average Bonchev–Trinajstić information content (AvgIpc) is 3.45. The van der Waals surface area contributed by atoms with Gasteiger partial charge in [-0.15, -0.1) is 0 Å². The molecule has 0 aliphatic heterocycles. The molecular weight excluding hydrogens is 322 g/mol. The van der Waals surface area contributed by atoms with Gasteiger partial charge in [-0.2, -0.15) is 0 Å². The van der Waals surface area contributed by atoms with Gasteiger partial charge in [0.2, 0.25) is 5.91 Å². The standard InChI is InChI=1S/C19H27NO3S/c1-23-16-11-9-15(10-12-16)19(14-7-8-14)20-18(21)13-24(22)17-5-3-2-4-6-17/h9-12,14,17,19H,2-8,13H2,1H3,(H,20,21)/t19-,24+/m0/s1. The first-order valence-corrected chi connectivity index (χ1v) is 10.4. The molecule has 2 saturated carbocycles. The topological polar surface area (TPSA) is 55.4 Å². The highest BCUT2D eigenvalue weighted by atomic mass is 32.2. The molecule has 0 spiro atoms. The van der Waals surface area contributed by atoms with Gasteiger partial charge in [-0.3, -0.25) is 9.00 Å². The van der Waals surface area contributed by atoms with Gasteiger partial charge in [0.25, 0.3) is 0 Å². The molecule has 5 heteroatoms. The molecule has 3 rings (SSSR count). The molecule has 132 valence electrons. The average molecular weight is 349 g/mol. The molecule has 2 aliphatic rings. The molecule has 0 saturated heterocycles. The Morgan fingerprint density at radius 3 is 2.42 bits per heavy atom. The van der Waals surface area contributed by atoms with E-state index in [9.17, 15) is 9.00 Å². The molecule has 2 fully saturated rings. The van der Waals surface area contributed by atoms with Crippen molar-refractivity contribution in [2.45, 2.75) is 56.2 Å². The first kappa shape index (κ1) is 17.5. The van der Waals surface area contributed by atoms with Crippen molar-refractivity contribution in [3.05, 3.63) is 29.8 Å². The Morgan fingerprint density at radius 2 is 1.83 bits per heavy atom. The molecule has 1 N–H and O–H groups in total. The van der Waals surface area contributed by atoms with Gasteiger partial charge in [0.15, 0.2) is 0 Å². The van der Waals surface area contributed by atoms with Crippen LogP contribution in [0.15, 0.2) is 24.3 Å². The lowest BCUT2D eigenvalue weighted by atomic mass is 10.0. The number of ether oxygens (including phenoxy) is 1. The largest absolute Gasteiger partial charge is 0.497 e. The zero-order valence-electron chi connectivity index (χ0n) is 14.3. The number of hydrogen-bond donors (Lipinski definition) is 1. The number of nitrogens with one attached hydrogen (secondary N) is 1. The van der Waals surface area contributed by atoms with Gasteiger partial charge in [0, 0.05) is 16.0 Å². The molecule has 4 nitrogen and oxygen atoms in total. The Balaban J connectivity index is 1.58. The van der Waals surface area contributed by atoms with Crippen LogP contribution < -0.4 is 10.1 Å². The van der Waals surface area contributed by atoms with E-state index in [4.69, 9.17) is 4.74 Å². The van der Waals surface area contributed by atoms with Crippen LogP contribution in [0.1, 0.15) is 56.6 Å². The number of carbonyl (C=O) groups is 1. The lowest BCUT2D eigenvalue weighted by molar-refractivity contribution is -0.119. The molecule has 24 heavy (non-hydrogen) atoms. The van der Waals surface area contributed by atoms with E-state index < -0.39 is 10.8 Å². The maximum absolute atomic E-state index is 12.4. The lowest BCUT2D eigenvalue weighted by Gasteiger charge is -2.22. The van der Waals surface area contributed by atoms with Crippen LogP contribution in [0.5, 0.6) is 5.75 Å². The Labute approximate surface area is 146 Å². The molecule has 0 aromatic heterocycles. The van der Waals surface area contributed by atoms with Crippen LogP contribution in [0, 0.1) is 5.92 Å². The third-order valence-electron chi connectivity index (χ3n) is 5.08. The molecule has 2 aliphatic carbocycles. The van der Waals surface area contributed by atoms with Crippen molar-refractivity contribution in [3.63, 3.8) is 0 Å². The third-order valence-corrected chi connectivity index (χ3v) is 6.84. The number of rotatable bonds is 7. The van der Waals surface area contributed by atoms with E-state index in [0.29, 0.717) is 5.92 Å². The van der Waals surface area contributed by atoms with Crippen molar-refractivity contribution in [2.75, 3.05) is 12.9 Å². The molecule has 0 bridgehead atoms. The number of methoxy groups -OCH3 is 1. The summed E-state index contributed by atoms with van der Waals surface area (Å²) in [5.74, 6) is 1.39. The SMILES string of the molecule is COc1ccc([C@@H](NC(=O)C[S@@](=O)C2CCCCC2)C2CC2)cc1. The molecular formula is C19H27NO3S. The van der Waals surface area contributed by atoms with Crippen molar-refractivity contribution in [1.82, 2.24) is 5.32 Å². The third kappa shape index (κ3) is 4.59. The number of amides is 1. The van der Waals surface area contributed by atoms with Crippen LogP contribution in [-0.2, 0) is 15.6 Å². The van der Waals surface area contributed by atoms with Gasteiger partial charge in [-0.25, -0.2) is 0 Å². The number of hydrogen-bond acceptors (Lipinski definition) is 3. The van der Waals surface area contributed by atoms with Crippen molar-refractivity contribution < 1.29 is 13.7 Å². The quantitative estimate of drug-likeness (QED) is 0.821. The van der Waals surface area contributed by atoms with Crippen LogP contribution in [0.25, 0.3) is 0 Å². The first-order valence-electron chi connectivity index (χ1n) is 8.98. The van der Waals surface area contributed by atoms with Crippen molar-refractivity contribution in [3.8, 4) is 5.75 Å². The van der Waals surface area contributed by atoms with E-state index in [0.717, 1.165) is 49.8 Å². The van der Waals surface area contributed by atoms with Gasteiger partial charge < -0.3 is 10.1 Å². The van der Waals surface area contributed by atoms with Crippen LogP contribution in [0.3, 0.4) is 0 Å². The van der Waals surface area contributed by atoms with Gasteiger partial charge in [0.05, 0.1) is 13.2 Å². The summed E-state index contributed by atoms with van der Waals surface area (Å²) in [5.41, 5.74) is 1.11. The highest BCUT2D eigenvalue weighted by molar-refractivity contribution is 7.86. The molecule has 1 aromatic rings. The summed E-state index contributed by atoms with van der Waals surface area (Å²) in [6, 6.07) is 7.92. The summed E-state index contributed by atoms with van der Waals surface area (Å²) in [5, 5.41) is 3.34. The Hall–Kier alpha value is -1.36. The van der Waals surface area contributed by atoms with E-state index >= 15 is 0 Å². The second-order valence-corrected chi connectivity index (χ2v) is 8.66. The lowest BCUT2D eigenvalue weighted by Crippen LogP contribution is -2.35. The highest BCUT2D eigenvalue weighted by Gasteiger charge is 2.34. The van der Waals surface area contributed by atoms with Crippen LogP contribution >= 0.6 is 0 Å². The van der Waals surface area contributed by atoms with Crippen molar-refractivity contribution in [1.29, 1.82) is 0 Å². The van der Waals surface area contributed by atoms with Crippen molar-refractivity contribution in [2.24, 2.45) is 5.92 Å². The highest BCUT2D eigenvalue weighted by Crippen LogP contribution is 2.41. The van der Waals surface area contributed by atoms with Gasteiger partial charge in [-0.05, 0) is 49.3 Å². The number of benzene rings is 1. The summed E-state index contributed by atoms with van der Waals surface area (Å²) in [6.45, 7) is 0. The smallest absolute Gasteiger partial charge is 0.233 e. The maximum Gasteiger partial charge on any atom is 0.233 e. The molecule has 1 aromatic carbocycles. The maximum atomic E-state index is 12.4. The molecule has 1 amide bonds. The van der Waals surface area contributed by atoms with Crippen LogP contribution in [0.2, 0.25) is 0 Å². The van der Waals surface area contributed by atoms with Gasteiger partial charge in [-0.1, -0.05) is 31.4 Å². The Kier molecular flexibility index (Phi) is 5.93. The van der Waals surface area contributed by atoms with Gasteiger partial charge >= 0.3 is 0 Å². The summed E-state index contributed by atoms with van der Waals surface area (Å²) >= 11 is 0. The fraction of sp³-hybridized carbons (Fsp3) is 0.632. The Morgan fingerprint density at radius 1 is 1.17 bits per heavy atom. The predicted octanol–water partition coefficient (Wildman–Crippen LogP) is 3.34. The second kappa shape index (κ2) is 8.15. The summed E-state index contributed by atoms with van der Waals surface area (Å²) in [7, 11) is 0.609. The second-order valence-electron chi connectivity index (χ2n) is 6.94. The van der Waals surface area contributed by atoms with E-state index in [1.165, 1.54) is 6.42 Å². The van der Waals surface area contributed by atoms with E-state index in [-0.39, 0.29) is 23.0 Å². The van der Waals surface area contributed by atoms with E-state index in [2.05, 4.69) is 5.32 Å². The van der Waals surface area contributed by atoms with Crippen LogP contribution in [-0.4, -0.2) is 28.2 Å². The minimum atomic E-state index is -1.04. The zero-order chi connectivity index (χ0) is 16.9. The zero-order valence-corrected chi connectivity index (χ0v) is 15.1. The summed E-state index contributed by atoms with van der Waals surface area (Å²) in [4.78, 5) is 12.4. The fourth-order valence-corrected chi connectivity index (χ4v) is 4.94. The molecule has 0 heterocycles. The monoisotopic (exact) mass is 349 g/mol. The van der Waals surface area contributed by atoms with E-state index in [1.807, 2.05) is 24.3 Å². The Bertz CT molecular complexity index is 577. The summed E-state index contributed by atoms with van der Waals surface area (Å²) < 4.78 is 17.6. The van der Waals surface area contributed by atoms with E-state index in [1.54, 1.807) is 7.11 Å². The molecule has 0 unspecified atom stereocenters. The van der Waals surface area contributed by atoms with Crippen molar-refractivity contribution >= 4 is 16.7 Å². The minimum absolute atomic E-state index is 0.0340. The normalized spacial score (nSPS) is 21.0. The van der Waals surface area contributed by atoms with Gasteiger partial charge in [0.1, 0.15) is 11.5 Å².